The van der Waals surface area contributed by atoms with Crippen molar-refractivity contribution in [3.05, 3.63) is 41.6 Å². The van der Waals surface area contributed by atoms with Crippen LogP contribution in [-0.2, 0) is 55.7 Å². The molecule has 13 nitrogen and oxygen atoms in total. The highest BCUT2D eigenvalue weighted by molar-refractivity contribution is 5.78. The van der Waals surface area contributed by atoms with Crippen molar-refractivity contribution in [1.82, 2.24) is 10.2 Å². The Balaban J connectivity index is 2.10. The number of aromatic nitrogens is 2. The van der Waals surface area contributed by atoms with Crippen LogP contribution in [0.3, 0.4) is 0 Å². The molecule has 1 fully saturated rings. The van der Waals surface area contributed by atoms with Crippen LogP contribution >= 0.6 is 0 Å². The molecular weight excluding hydrogens is 660 g/mol. The van der Waals surface area contributed by atoms with Gasteiger partial charge in [0, 0.05) is 5.56 Å². The molecule has 2 heterocycles. The molecule has 51 heavy (non-hydrogen) atoms. The van der Waals surface area contributed by atoms with E-state index < -0.39 is 82.8 Å². The molecule has 0 spiro atoms. The number of benzene rings is 1. The molecule has 0 aliphatic carbocycles. The summed E-state index contributed by atoms with van der Waals surface area (Å²) in [6, 6.07) is 7.67. The van der Waals surface area contributed by atoms with Gasteiger partial charge in [-0.15, -0.1) is 0 Å². The minimum absolute atomic E-state index is 0.224. The second kappa shape index (κ2) is 16.0. The Kier molecular flexibility index (Phi) is 13.0. The monoisotopic (exact) mass is 716 g/mol. The summed E-state index contributed by atoms with van der Waals surface area (Å²) in [7, 11) is 1.61. The van der Waals surface area contributed by atoms with Crippen LogP contribution in [0.4, 0.5) is 0 Å². The van der Waals surface area contributed by atoms with Crippen LogP contribution in [-0.4, -0.2) is 78.5 Å². The first-order valence-electron chi connectivity index (χ1n) is 17.2. The fraction of sp³-hybridized carbons (Fsp3) is 0.658. The third-order valence-electron chi connectivity index (χ3n) is 7.90. The van der Waals surface area contributed by atoms with E-state index in [1.54, 1.807) is 96.4 Å². The molecule has 1 aliphatic rings. The van der Waals surface area contributed by atoms with Crippen LogP contribution in [0.2, 0.25) is 0 Å². The summed E-state index contributed by atoms with van der Waals surface area (Å²) in [5, 5.41) is 7.03. The van der Waals surface area contributed by atoms with E-state index in [1.807, 2.05) is 24.3 Å². The Morgan fingerprint density at radius 2 is 1.18 bits per heavy atom. The fourth-order valence-corrected chi connectivity index (χ4v) is 4.55. The molecule has 3 rings (SSSR count). The maximum absolute atomic E-state index is 13.5. The summed E-state index contributed by atoms with van der Waals surface area (Å²) < 4.78 is 41.9. The summed E-state index contributed by atoms with van der Waals surface area (Å²) in [5.41, 5.74) is -2.09. The Hall–Kier alpha value is -4.13. The molecule has 1 aromatic carbocycles. The Morgan fingerprint density at radius 3 is 1.67 bits per heavy atom. The van der Waals surface area contributed by atoms with Crippen molar-refractivity contribution in [2.75, 3.05) is 13.7 Å². The Labute approximate surface area is 301 Å². The number of hydrogen-bond donors (Lipinski definition) is 1. The van der Waals surface area contributed by atoms with Crippen LogP contribution < -0.4 is 9.47 Å². The maximum atomic E-state index is 13.5. The highest BCUT2D eigenvalue weighted by atomic mass is 16.7. The number of rotatable bonds is 11. The first-order chi connectivity index (χ1) is 23.4. The Morgan fingerprint density at radius 1 is 0.686 bits per heavy atom. The lowest BCUT2D eigenvalue weighted by Gasteiger charge is -2.45. The summed E-state index contributed by atoms with van der Waals surface area (Å²) >= 11 is 0. The molecule has 13 heteroatoms. The molecule has 1 saturated heterocycles. The summed E-state index contributed by atoms with van der Waals surface area (Å²) in [6.45, 7) is 19.7. The van der Waals surface area contributed by atoms with Gasteiger partial charge < -0.3 is 33.2 Å². The highest BCUT2D eigenvalue weighted by Crippen LogP contribution is 2.35. The van der Waals surface area contributed by atoms with Crippen LogP contribution in [0.15, 0.2) is 30.5 Å². The van der Waals surface area contributed by atoms with E-state index in [-0.39, 0.29) is 5.88 Å². The van der Waals surface area contributed by atoms with Gasteiger partial charge in [-0.25, -0.2) is 5.10 Å². The number of methoxy groups -OCH3 is 1. The van der Waals surface area contributed by atoms with Crippen molar-refractivity contribution in [2.24, 2.45) is 21.7 Å². The highest BCUT2D eigenvalue weighted by Gasteiger charge is 2.56. The third-order valence-corrected chi connectivity index (χ3v) is 7.90. The minimum Gasteiger partial charge on any atom is -0.497 e. The van der Waals surface area contributed by atoms with Gasteiger partial charge in [-0.2, -0.15) is 5.10 Å². The van der Waals surface area contributed by atoms with Gasteiger partial charge in [0.1, 0.15) is 18.5 Å². The molecule has 5 atom stereocenters. The smallest absolute Gasteiger partial charge is 0.311 e. The largest absolute Gasteiger partial charge is 0.497 e. The number of nitrogens with zero attached hydrogens (tertiary/aromatic N) is 1. The lowest BCUT2D eigenvalue weighted by molar-refractivity contribution is -0.294. The van der Waals surface area contributed by atoms with Crippen molar-refractivity contribution in [3.63, 3.8) is 0 Å². The number of H-pyrrole nitrogens is 1. The SMILES string of the molecule is COc1ccc(CCc2cn[nH]c2O[C@@H]2O[C@H](COC(=O)C(C)(C)C)[C@@H](OC(=O)C(C)(C)C)[C@H](OC(=O)C(C)(C)C)[C@H]2OC(=O)C(C)(C)C)cc1. The van der Waals surface area contributed by atoms with E-state index in [4.69, 9.17) is 33.2 Å². The lowest BCUT2D eigenvalue weighted by Crippen LogP contribution is -2.65. The van der Waals surface area contributed by atoms with Crippen LogP contribution in [0, 0.1) is 21.7 Å². The van der Waals surface area contributed by atoms with Gasteiger partial charge in [-0.1, -0.05) is 12.1 Å². The molecule has 0 unspecified atom stereocenters. The summed E-state index contributed by atoms with van der Waals surface area (Å²) in [6.07, 6.45) is -4.12. The number of carbonyl (C=O) groups excluding carboxylic acids is 4. The molecule has 1 aromatic heterocycles. The molecule has 0 saturated carbocycles. The number of aromatic amines is 1. The van der Waals surface area contributed by atoms with Gasteiger partial charge in [-0.3, -0.25) is 19.2 Å². The van der Waals surface area contributed by atoms with Gasteiger partial charge >= 0.3 is 23.9 Å². The van der Waals surface area contributed by atoms with Crippen LogP contribution in [0.25, 0.3) is 0 Å². The lowest BCUT2D eigenvalue weighted by atomic mass is 9.93. The van der Waals surface area contributed by atoms with Crippen molar-refractivity contribution in [1.29, 1.82) is 0 Å². The normalized spacial score (nSPS) is 21.3. The van der Waals surface area contributed by atoms with Crippen molar-refractivity contribution >= 4 is 23.9 Å². The van der Waals surface area contributed by atoms with Gasteiger partial charge in [0.05, 0.1) is 35.0 Å². The number of ether oxygens (including phenoxy) is 7. The second-order valence-electron chi connectivity index (χ2n) is 16.9. The number of hydrogen-bond acceptors (Lipinski definition) is 12. The molecule has 2 aromatic rings. The van der Waals surface area contributed by atoms with Gasteiger partial charge in [0.25, 0.3) is 0 Å². The van der Waals surface area contributed by atoms with E-state index >= 15 is 0 Å². The first kappa shape index (κ1) is 41.3. The molecular formula is C38H56N2O11. The third kappa shape index (κ3) is 11.4. The molecule has 1 N–H and O–H groups in total. The van der Waals surface area contributed by atoms with Crippen molar-refractivity contribution in [2.45, 2.75) is 127 Å². The Bertz CT molecular complexity index is 1500. The minimum atomic E-state index is -1.44. The molecule has 1 aliphatic heterocycles. The van der Waals surface area contributed by atoms with Crippen molar-refractivity contribution < 1.29 is 52.3 Å². The summed E-state index contributed by atoms with van der Waals surface area (Å²) in [5.74, 6) is -1.52. The number of nitrogens with one attached hydrogen (secondary N) is 1. The number of esters is 4. The van der Waals surface area contributed by atoms with Crippen molar-refractivity contribution in [3.8, 4) is 11.6 Å². The zero-order chi connectivity index (χ0) is 38.5. The maximum Gasteiger partial charge on any atom is 0.311 e. The zero-order valence-corrected chi connectivity index (χ0v) is 32.3. The number of carbonyl (C=O) groups is 4. The average Bonchev–Trinajstić information content (AvgIpc) is 3.46. The predicted molar refractivity (Wildman–Crippen MR) is 187 cm³/mol. The van der Waals surface area contributed by atoms with Gasteiger partial charge in [0.2, 0.25) is 18.3 Å². The van der Waals surface area contributed by atoms with E-state index in [2.05, 4.69) is 10.2 Å². The molecule has 0 radical (unpaired) electrons. The van der Waals surface area contributed by atoms with Crippen LogP contribution in [0.5, 0.6) is 11.6 Å². The van der Waals surface area contributed by atoms with E-state index in [0.29, 0.717) is 18.4 Å². The molecule has 0 bridgehead atoms. The standard InChI is InChI=1S/C38H56N2O11/c1-35(2,3)31(41)46-21-25-26(48-32(42)36(4,5)6)27(49-33(43)37(7,8)9)28(50-34(44)38(10,11)12)30(47-25)51-29-23(20-39-40-29)17-14-22-15-18-24(45-13)19-16-22/h15-16,18-20,25-28,30H,14,17,21H2,1-13H3,(H,39,40)/t25-,26-,27+,28-,30+/m1/s1. The number of aryl methyl sites for hydroxylation is 2. The predicted octanol–water partition coefficient (Wildman–Crippen LogP) is 5.77. The second-order valence-corrected chi connectivity index (χ2v) is 16.9. The van der Waals surface area contributed by atoms with E-state index in [0.717, 1.165) is 11.3 Å². The summed E-state index contributed by atoms with van der Waals surface area (Å²) in [4.78, 5) is 53.4. The quantitative estimate of drug-likeness (QED) is 0.221. The van der Waals surface area contributed by atoms with Gasteiger partial charge in [-0.05, 0) is 114 Å². The van der Waals surface area contributed by atoms with Gasteiger partial charge in [0.15, 0.2) is 12.2 Å². The molecule has 0 amide bonds. The van der Waals surface area contributed by atoms with E-state index in [1.165, 1.54) is 0 Å². The van der Waals surface area contributed by atoms with Crippen LogP contribution in [0.1, 0.15) is 94.2 Å². The first-order valence-corrected chi connectivity index (χ1v) is 17.2. The topological polar surface area (TPSA) is 162 Å². The van der Waals surface area contributed by atoms with E-state index in [9.17, 15) is 19.2 Å². The average molecular weight is 717 g/mol. The fourth-order valence-electron chi connectivity index (χ4n) is 4.55. The zero-order valence-electron chi connectivity index (χ0n) is 32.3. The molecule has 284 valence electrons.